The molecule has 3 aliphatic rings. The Labute approximate surface area is 158 Å². The van der Waals surface area contributed by atoms with E-state index in [-0.39, 0.29) is 6.03 Å². The summed E-state index contributed by atoms with van der Waals surface area (Å²) in [4.78, 5) is 16.8. The van der Waals surface area contributed by atoms with Crippen molar-refractivity contribution in [3.63, 3.8) is 0 Å². The first-order valence-corrected chi connectivity index (χ1v) is 10.5. The summed E-state index contributed by atoms with van der Waals surface area (Å²) in [6.07, 6.45) is 6.01. The van der Waals surface area contributed by atoms with E-state index in [9.17, 15) is 4.79 Å². The third kappa shape index (κ3) is 4.10. The molecule has 9 heteroatoms. The van der Waals surface area contributed by atoms with Crippen LogP contribution in [0.3, 0.4) is 0 Å². The number of nitrogens with zero attached hydrogens (tertiary/aromatic N) is 4. The van der Waals surface area contributed by atoms with E-state index in [0.717, 1.165) is 57.2 Å². The number of piperazine rings is 1. The number of carbonyl (C=O) groups excluding carboxylic acids is 1. The molecule has 2 unspecified atom stereocenters. The third-order valence-corrected chi connectivity index (χ3v) is 6.61. The predicted molar refractivity (Wildman–Crippen MR) is 102 cm³/mol. The van der Waals surface area contributed by atoms with Crippen molar-refractivity contribution in [3.05, 3.63) is 0 Å². The zero-order valence-electron chi connectivity index (χ0n) is 15.3. The standard InChI is InChI=1S/C17H28N6O2S/c1-12-14(6-11-25-12)22-7-9-23(10-8-22)17-21-20-16(26-17)19-15(24)18-13-4-2-3-5-13/h12-14H,2-11H2,1H3,(H2,18,19,20,24). The highest BCUT2D eigenvalue weighted by Gasteiger charge is 2.32. The summed E-state index contributed by atoms with van der Waals surface area (Å²) in [6, 6.07) is 0.681. The lowest BCUT2D eigenvalue weighted by Crippen LogP contribution is -2.52. The van der Waals surface area contributed by atoms with Gasteiger partial charge in [-0.1, -0.05) is 24.2 Å². The zero-order chi connectivity index (χ0) is 17.9. The van der Waals surface area contributed by atoms with Crippen LogP contribution in [0.15, 0.2) is 0 Å². The highest BCUT2D eigenvalue weighted by Crippen LogP contribution is 2.27. The van der Waals surface area contributed by atoms with Crippen LogP contribution < -0.4 is 15.5 Å². The summed E-state index contributed by atoms with van der Waals surface area (Å²) in [5.74, 6) is 0. The second kappa shape index (κ2) is 8.06. The number of rotatable bonds is 4. The van der Waals surface area contributed by atoms with E-state index in [0.29, 0.717) is 23.3 Å². The van der Waals surface area contributed by atoms with Crippen LogP contribution in [0.5, 0.6) is 0 Å². The molecule has 26 heavy (non-hydrogen) atoms. The molecule has 3 fully saturated rings. The number of urea groups is 1. The molecule has 2 saturated heterocycles. The fourth-order valence-electron chi connectivity index (χ4n) is 4.23. The summed E-state index contributed by atoms with van der Waals surface area (Å²) in [7, 11) is 0. The van der Waals surface area contributed by atoms with Gasteiger partial charge in [0.15, 0.2) is 0 Å². The van der Waals surface area contributed by atoms with Gasteiger partial charge in [-0.25, -0.2) is 4.79 Å². The topological polar surface area (TPSA) is 82.6 Å². The normalized spacial score (nSPS) is 27.8. The average molecular weight is 381 g/mol. The Balaban J connectivity index is 1.26. The number of hydrogen-bond donors (Lipinski definition) is 2. The molecule has 2 N–H and O–H groups in total. The zero-order valence-corrected chi connectivity index (χ0v) is 16.1. The quantitative estimate of drug-likeness (QED) is 0.830. The number of aromatic nitrogens is 2. The highest BCUT2D eigenvalue weighted by atomic mass is 32.1. The molecule has 2 amide bonds. The van der Waals surface area contributed by atoms with E-state index in [2.05, 4.69) is 37.6 Å². The molecule has 1 aromatic rings. The number of amides is 2. The van der Waals surface area contributed by atoms with Crippen LogP contribution in [0.4, 0.5) is 15.1 Å². The maximum Gasteiger partial charge on any atom is 0.321 e. The Morgan fingerprint density at radius 1 is 1.15 bits per heavy atom. The molecule has 144 valence electrons. The lowest BCUT2D eigenvalue weighted by Gasteiger charge is -2.38. The van der Waals surface area contributed by atoms with E-state index in [4.69, 9.17) is 4.74 Å². The van der Waals surface area contributed by atoms with Gasteiger partial charge in [0.05, 0.1) is 6.10 Å². The van der Waals surface area contributed by atoms with Crippen molar-refractivity contribution in [2.24, 2.45) is 0 Å². The smallest absolute Gasteiger partial charge is 0.321 e. The first-order valence-electron chi connectivity index (χ1n) is 9.70. The molecule has 0 bridgehead atoms. The number of anilines is 2. The molecule has 1 aromatic heterocycles. The highest BCUT2D eigenvalue weighted by molar-refractivity contribution is 7.19. The molecule has 8 nitrogen and oxygen atoms in total. The van der Waals surface area contributed by atoms with Crippen LogP contribution in [0.25, 0.3) is 0 Å². The average Bonchev–Trinajstić information content (AvgIpc) is 3.38. The predicted octanol–water partition coefficient (Wildman–Crippen LogP) is 1.90. The fourth-order valence-corrected chi connectivity index (χ4v) is 5.02. The minimum absolute atomic E-state index is 0.167. The van der Waals surface area contributed by atoms with Crippen molar-refractivity contribution in [2.75, 3.05) is 43.0 Å². The molecule has 2 aliphatic heterocycles. The van der Waals surface area contributed by atoms with Gasteiger partial charge in [0.2, 0.25) is 10.3 Å². The van der Waals surface area contributed by atoms with Gasteiger partial charge in [0, 0.05) is 44.9 Å². The molecule has 1 aliphatic carbocycles. The maximum absolute atomic E-state index is 12.1. The van der Waals surface area contributed by atoms with E-state index in [1.807, 2.05) is 0 Å². The maximum atomic E-state index is 12.1. The van der Waals surface area contributed by atoms with Crippen LogP contribution >= 0.6 is 11.3 Å². The first kappa shape index (κ1) is 17.9. The van der Waals surface area contributed by atoms with Gasteiger partial charge in [-0.2, -0.15) is 0 Å². The van der Waals surface area contributed by atoms with Gasteiger partial charge in [0.1, 0.15) is 0 Å². The number of nitrogens with one attached hydrogen (secondary N) is 2. The SMILES string of the molecule is CC1OCCC1N1CCN(c2nnc(NC(=O)NC3CCCC3)s2)CC1. The van der Waals surface area contributed by atoms with Gasteiger partial charge < -0.3 is 15.0 Å². The van der Waals surface area contributed by atoms with Crippen molar-refractivity contribution in [1.29, 1.82) is 0 Å². The van der Waals surface area contributed by atoms with Crippen LogP contribution in [0, 0.1) is 0 Å². The summed E-state index contributed by atoms with van der Waals surface area (Å²) < 4.78 is 5.70. The van der Waals surface area contributed by atoms with Crippen LogP contribution in [0.1, 0.15) is 39.0 Å². The molecule has 0 aromatic carbocycles. The largest absolute Gasteiger partial charge is 0.377 e. The molecule has 1 saturated carbocycles. The molecule has 0 spiro atoms. The van der Waals surface area contributed by atoms with Crippen molar-refractivity contribution in [3.8, 4) is 0 Å². The molecule has 3 heterocycles. The lowest BCUT2D eigenvalue weighted by atomic mass is 10.1. The van der Waals surface area contributed by atoms with E-state index < -0.39 is 0 Å². The van der Waals surface area contributed by atoms with Gasteiger partial charge in [0.25, 0.3) is 0 Å². The second-order valence-corrected chi connectivity index (χ2v) is 8.38. The Morgan fingerprint density at radius 3 is 2.62 bits per heavy atom. The van der Waals surface area contributed by atoms with Gasteiger partial charge in [-0.15, -0.1) is 10.2 Å². The molecular formula is C17H28N6O2S. The van der Waals surface area contributed by atoms with Gasteiger partial charge >= 0.3 is 6.03 Å². The fraction of sp³-hybridized carbons (Fsp3) is 0.824. The van der Waals surface area contributed by atoms with Crippen LogP contribution in [0.2, 0.25) is 0 Å². The van der Waals surface area contributed by atoms with Crippen LogP contribution in [-0.4, -0.2) is 72.1 Å². The Bertz CT molecular complexity index is 612. The van der Waals surface area contributed by atoms with Crippen molar-refractivity contribution in [1.82, 2.24) is 20.4 Å². The lowest BCUT2D eigenvalue weighted by molar-refractivity contribution is 0.0715. The van der Waals surface area contributed by atoms with Crippen molar-refractivity contribution < 1.29 is 9.53 Å². The van der Waals surface area contributed by atoms with Gasteiger partial charge in [-0.3, -0.25) is 10.2 Å². The van der Waals surface area contributed by atoms with Crippen molar-refractivity contribution >= 4 is 27.6 Å². The van der Waals surface area contributed by atoms with Crippen LogP contribution in [-0.2, 0) is 4.74 Å². The summed E-state index contributed by atoms with van der Waals surface area (Å²) in [5.41, 5.74) is 0. The minimum atomic E-state index is -0.167. The summed E-state index contributed by atoms with van der Waals surface area (Å²) in [5, 5.41) is 15.7. The molecule has 4 rings (SSSR count). The number of carbonyl (C=O) groups is 1. The number of hydrogen-bond acceptors (Lipinski definition) is 7. The molecule has 2 atom stereocenters. The minimum Gasteiger partial charge on any atom is -0.377 e. The third-order valence-electron chi connectivity index (χ3n) is 5.72. The summed E-state index contributed by atoms with van der Waals surface area (Å²) >= 11 is 1.45. The van der Waals surface area contributed by atoms with Gasteiger partial charge in [-0.05, 0) is 26.2 Å². The monoisotopic (exact) mass is 380 g/mol. The summed E-state index contributed by atoms with van der Waals surface area (Å²) in [6.45, 7) is 6.95. The second-order valence-electron chi connectivity index (χ2n) is 7.42. The Morgan fingerprint density at radius 2 is 1.92 bits per heavy atom. The first-order chi connectivity index (χ1) is 12.7. The Kier molecular flexibility index (Phi) is 5.56. The van der Waals surface area contributed by atoms with E-state index in [1.165, 1.54) is 24.2 Å². The number of ether oxygens (including phenoxy) is 1. The van der Waals surface area contributed by atoms with E-state index in [1.54, 1.807) is 0 Å². The molecular weight excluding hydrogens is 352 g/mol. The van der Waals surface area contributed by atoms with Crippen molar-refractivity contribution in [2.45, 2.75) is 57.2 Å². The molecule has 0 radical (unpaired) electrons. The van der Waals surface area contributed by atoms with E-state index >= 15 is 0 Å². The Hall–Kier alpha value is -1.45.